The first kappa shape index (κ1) is 14.9. The summed E-state index contributed by atoms with van der Waals surface area (Å²) in [6.45, 7) is 0. The summed E-state index contributed by atoms with van der Waals surface area (Å²) in [5.41, 5.74) is 3.27. The van der Waals surface area contributed by atoms with Gasteiger partial charge in [-0.25, -0.2) is 17.4 Å². The van der Waals surface area contributed by atoms with E-state index < -0.39 is 10.0 Å². The molecule has 0 bridgehead atoms. The van der Waals surface area contributed by atoms with Gasteiger partial charge in [0.1, 0.15) is 4.60 Å². The molecule has 6 heteroatoms. The van der Waals surface area contributed by atoms with Crippen molar-refractivity contribution in [2.75, 3.05) is 0 Å². The summed E-state index contributed by atoms with van der Waals surface area (Å²) in [5, 5.41) is 0. The molecule has 0 amide bonds. The summed E-state index contributed by atoms with van der Waals surface area (Å²) in [4.78, 5) is 4.51. The molecule has 0 unspecified atom stereocenters. The number of rotatable bonds is 4. The Hall–Kier alpha value is -1.66. The molecule has 1 aliphatic carbocycles. The summed E-state index contributed by atoms with van der Waals surface area (Å²) in [6.07, 6.45) is 3.97. The largest absolute Gasteiger partial charge is 0.243 e. The quantitative estimate of drug-likeness (QED) is 0.631. The summed E-state index contributed by atoms with van der Waals surface area (Å²) in [6, 6.07) is 12.9. The molecule has 3 aromatic rings. The third kappa shape index (κ3) is 2.81. The summed E-state index contributed by atoms with van der Waals surface area (Å²) >= 11 is 3.38. The first-order chi connectivity index (χ1) is 11.0. The summed E-state index contributed by atoms with van der Waals surface area (Å²) in [5.74, 6) is 0.421. The number of nitrogens with zero attached hydrogens (tertiary/aromatic N) is 2. The van der Waals surface area contributed by atoms with Crippen molar-refractivity contribution in [3.8, 4) is 0 Å². The highest BCUT2D eigenvalue weighted by molar-refractivity contribution is 9.10. The van der Waals surface area contributed by atoms with Crippen LogP contribution in [0.4, 0.5) is 0 Å². The Kier molecular flexibility index (Phi) is 3.54. The number of benzene rings is 1. The second-order valence-electron chi connectivity index (χ2n) is 5.90. The Morgan fingerprint density at radius 3 is 2.57 bits per heavy atom. The first-order valence-corrected chi connectivity index (χ1v) is 9.89. The van der Waals surface area contributed by atoms with E-state index in [9.17, 15) is 8.42 Å². The maximum absolute atomic E-state index is 12.9. The Labute approximate surface area is 143 Å². The van der Waals surface area contributed by atoms with Crippen molar-refractivity contribution in [1.29, 1.82) is 0 Å². The molecule has 1 aliphatic rings. The first-order valence-electron chi connectivity index (χ1n) is 7.49. The molecular formula is C17H15BrN2O2S. The molecule has 2 aromatic heterocycles. The minimum Gasteiger partial charge on any atom is -0.243 e. The van der Waals surface area contributed by atoms with E-state index in [0.29, 0.717) is 11.4 Å². The van der Waals surface area contributed by atoms with Crippen LogP contribution in [0, 0.1) is 0 Å². The molecule has 1 aromatic carbocycles. The van der Waals surface area contributed by atoms with Crippen LogP contribution in [0.25, 0.3) is 11.0 Å². The number of pyridine rings is 1. The molecule has 0 radical (unpaired) electrons. The van der Waals surface area contributed by atoms with Crippen molar-refractivity contribution in [3.05, 3.63) is 64.4 Å². The molecule has 0 N–H and O–H groups in total. The maximum Gasteiger partial charge on any atom is 0.243 e. The number of fused-ring (bicyclic) bond motifs is 1. The third-order valence-electron chi connectivity index (χ3n) is 4.12. The van der Waals surface area contributed by atoms with Crippen molar-refractivity contribution in [3.63, 3.8) is 0 Å². The lowest BCUT2D eigenvalue weighted by atomic mass is 10.2. The van der Waals surface area contributed by atoms with Gasteiger partial charge in [0.25, 0.3) is 0 Å². The minimum atomic E-state index is -3.48. The van der Waals surface area contributed by atoms with E-state index in [4.69, 9.17) is 0 Å². The zero-order valence-corrected chi connectivity index (χ0v) is 14.7. The van der Waals surface area contributed by atoms with Crippen LogP contribution in [-0.4, -0.2) is 17.4 Å². The lowest BCUT2D eigenvalue weighted by Gasteiger charge is -2.07. The zero-order valence-electron chi connectivity index (χ0n) is 12.3. The third-order valence-corrected chi connectivity index (χ3v) is 6.16. The van der Waals surface area contributed by atoms with E-state index in [1.807, 2.05) is 36.4 Å². The maximum atomic E-state index is 12.9. The predicted octanol–water partition coefficient (Wildman–Crippen LogP) is 4.05. The number of hydrogen-bond donors (Lipinski definition) is 0. The lowest BCUT2D eigenvalue weighted by Crippen LogP contribution is -2.14. The molecule has 1 fully saturated rings. The summed E-state index contributed by atoms with van der Waals surface area (Å²) < 4.78 is 27.9. The van der Waals surface area contributed by atoms with Crippen molar-refractivity contribution in [1.82, 2.24) is 8.96 Å². The van der Waals surface area contributed by atoms with E-state index in [2.05, 4.69) is 20.9 Å². The molecule has 4 rings (SSSR count). The fraction of sp³-hybridized carbons (Fsp3) is 0.235. The fourth-order valence-corrected chi connectivity index (χ4v) is 4.64. The highest BCUT2D eigenvalue weighted by atomic mass is 79.9. The van der Waals surface area contributed by atoms with Crippen molar-refractivity contribution in [2.24, 2.45) is 0 Å². The van der Waals surface area contributed by atoms with Crippen molar-refractivity contribution >= 4 is 37.0 Å². The molecule has 0 aliphatic heterocycles. The van der Waals surface area contributed by atoms with Gasteiger partial charge in [-0.2, -0.15) is 0 Å². The van der Waals surface area contributed by atoms with Gasteiger partial charge in [0.2, 0.25) is 10.0 Å². The average Bonchev–Trinajstić information content (AvgIpc) is 3.28. The Morgan fingerprint density at radius 2 is 1.87 bits per heavy atom. The SMILES string of the molecule is O=S(=O)(Cc1ccccc1)n1cc(C2CC2)c2nc(Br)ccc21. The van der Waals surface area contributed by atoms with E-state index >= 15 is 0 Å². The zero-order chi connectivity index (χ0) is 16.0. The molecule has 0 spiro atoms. The molecular weight excluding hydrogens is 376 g/mol. The number of aromatic nitrogens is 2. The topological polar surface area (TPSA) is 52.0 Å². The molecule has 0 saturated heterocycles. The van der Waals surface area contributed by atoms with Crippen molar-refractivity contribution in [2.45, 2.75) is 24.5 Å². The highest BCUT2D eigenvalue weighted by Crippen LogP contribution is 2.44. The molecule has 0 atom stereocenters. The smallest absolute Gasteiger partial charge is 0.243 e. The van der Waals surface area contributed by atoms with Gasteiger partial charge in [-0.05, 0) is 52.4 Å². The van der Waals surface area contributed by atoms with Gasteiger partial charge in [0.15, 0.2) is 0 Å². The van der Waals surface area contributed by atoms with Crippen LogP contribution < -0.4 is 0 Å². The van der Waals surface area contributed by atoms with Gasteiger partial charge in [0, 0.05) is 11.8 Å². The molecule has 2 heterocycles. The van der Waals surface area contributed by atoms with Crippen LogP contribution in [0.1, 0.15) is 29.9 Å². The van der Waals surface area contributed by atoms with E-state index in [1.54, 1.807) is 12.3 Å². The number of hydrogen-bond acceptors (Lipinski definition) is 3. The number of halogens is 1. The van der Waals surface area contributed by atoms with Gasteiger partial charge in [-0.15, -0.1) is 0 Å². The van der Waals surface area contributed by atoms with Gasteiger partial charge in [-0.3, -0.25) is 0 Å². The Balaban J connectivity index is 1.85. The van der Waals surface area contributed by atoms with Crippen LogP contribution in [-0.2, 0) is 15.8 Å². The Morgan fingerprint density at radius 1 is 1.13 bits per heavy atom. The molecule has 23 heavy (non-hydrogen) atoms. The lowest BCUT2D eigenvalue weighted by molar-refractivity contribution is 0.588. The standard InChI is InChI=1S/C17H15BrN2O2S/c18-16-9-8-15-17(19-16)14(13-6-7-13)10-20(15)23(21,22)11-12-4-2-1-3-5-12/h1-5,8-10,13H,6-7,11H2. The molecule has 118 valence electrons. The van der Waals surface area contributed by atoms with Crippen LogP contribution in [0.15, 0.2) is 53.3 Å². The van der Waals surface area contributed by atoms with E-state index in [0.717, 1.165) is 34.1 Å². The second-order valence-corrected chi connectivity index (χ2v) is 8.56. The van der Waals surface area contributed by atoms with Crippen LogP contribution in [0.3, 0.4) is 0 Å². The minimum absolute atomic E-state index is 0.0161. The van der Waals surface area contributed by atoms with Gasteiger partial charge >= 0.3 is 0 Å². The van der Waals surface area contributed by atoms with Crippen LogP contribution in [0.5, 0.6) is 0 Å². The van der Waals surface area contributed by atoms with Gasteiger partial charge < -0.3 is 0 Å². The Bertz CT molecular complexity index is 977. The fourth-order valence-electron chi connectivity index (χ4n) is 2.85. The predicted molar refractivity (Wildman–Crippen MR) is 93.9 cm³/mol. The average molecular weight is 391 g/mol. The van der Waals surface area contributed by atoms with Gasteiger partial charge in [-0.1, -0.05) is 30.3 Å². The van der Waals surface area contributed by atoms with E-state index in [-0.39, 0.29) is 5.75 Å². The monoisotopic (exact) mass is 390 g/mol. The van der Waals surface area contributed by atoms with Gasteiger partial charge in [0.05, 0.1) is 16.8 Å². The van der Waals surface area contributed by atoms with Crippen LogP contribution >= 0.6 is 15.9 Å². The normalized spacial score (nSPS) is 15.2. The molecule has 4 nitrogen and oxygen atoms in total. The molecule has 1 saturated carbocycles. The van der Waals surface area contributed by atoms with Crippen LogP contribution in [0.2, 0.25) is 0 Å². The van der Waals surface area contributed by atoms with E-state index in [1.165, 1.54) is 3.97 Å². The second kappa shape index (κ2) is 5.46. The van der Waals surface area contributed by atoms with Crippen molar-refractivity contribution < 1.29 is 8.42 Å². The highest BCUT2D eigenvalue weighted by Gasteiger charge is 2.30. The summed E-state index contributed by atoms with van der Waals surface area (Å²) in [7, 11) is -3.48.